The number of oxime groups is 1. The van der Waals surface area contributed by atoms with Gasteiger partial charge in [0.05, 0.1) is 18.4 Å². The highest BCUT2D eigenvalue weighted by atomic mass is 19.1. The van der Waals surface area contributed by atoms with Crippen LogP contribution in [0.4, 0.5) is 8.78 Å². The number of hydrogen-bond donors (Lipinski definition) is 1. The lowest BCUT2D eigenvalue weighted by Crippen LogP contribution is -2.39. The zero-order chi connectivity index (χ0) is 22.2. The van der Waals surface area contributed by atoms with Gasteiger partial charge in [0.1, 0.15) is 17.7 Å². The maximum Gasteiger partial charge on any atom is 0.145 e. The minimum atomic E-state index is -0.655. The lowest BCUT2D eigenvalue weighted by molar-refractivity contribution is -0.00734. The van der Waals surface area contributed by atoms with Crippen molar-refractivity contribution in [3.8, 4) is 0 Å². The van der Waals surface area contributed by atoms with Crippen molar-refractivity contribution < 1.29 is 23.5 Å². The van der Waals surface area contributed by atoms with Crippen molar-refractivity contribution >= 4 is 5.71 Å². The summed E-state index contributed by atoms with van der Waals surface area (Å²) in [6.07, 6.45) is -0.256. The van der Waals surface area contributed by atoms with Gasteiger partial charge in [0.25, 0.3) is 0 Å². The maximum absolute atomic E-state index is 13.3. The lowest BCUT2D eigenvalue weighted by atomic mass is 10.0. The molecule has 0 radical (unpaired) electrons. The molecule has 2 aromatic carbocycles. The fraction of sp³-hybridized carbons (Fsp3) is 0.458. The molecule has 5 nitrogen and oxygen atoms in total. The normalized spacial score (nSPS) is 17.1. The molecule has 0 amide bonds. The van der Waals surface area contributed by atoms with Crippen molar-refractivity contribution in [1.82, 2.24) is 4.90 Å². The Morgan fingerprint density at radius 2 is 1.71 bits per heavy atom. The molecule has 7 heteroatoms. The first-order valence-corrected chi connectivity index (χ1v) is 10.6. The molecular weight excluding hydrogens is 402 g/mol. The topological polar surface area (TPSA) is 54.3 Å². The fourth-order valence-electron chi connectivity index (χ4n) is 3.47. The summed E-state index contributed by atoms with van der Waals surface area (Å²) in [5.41, 5.74) is 2.54. The molecule has 0 fully saturated rings. The van der Waals surface area contributed by atoms with E-state index in [-0.39, 0.29) is 24.3 Å². The van der Waals surface area contributed by atoms with Crippen LogP contribution in [0.15, 0.2) is 53.7 Å². The first-order chi connectivity index (χ1) is 14.9. The van der Waals surface area contributed by atoms with Crippen molar-refractivity contribution in [3.63, 3.8) is 0 Å². The van der Waals surface area contributed by atoms with Crippen molar-refractivity contribution in [2.45, 2.75) is 39.0 Å². The number of aliphatic hydroxyl groups excluding tert-OH is 1. The Morgan fingerprint density at radius 3 is 2.35 bits per heavy atom. The summed E-state index contributed by atoms with van der Waals surface area (Å²) in [6.45, 7) is 6.42. The molecule has 2 aromatic rings. The SMILES string of the molecule is CC(C)COC[C@H](O)CN(Cc1ccc(F)cc1)C[C@H]1CC(c2ccc(F)cc2)=NO1. The molecule has 0 aromatic heterocycles. The second-order valence-electron chi connectivity index (χ2n) is 8.38. The average Bonchev–Trinajstić information content (AvgIpc) is 3.18. The van der Waals surface area contributed by atoms with E-state index in [1.165, 1.54) is 24.3 Å². The number of ether oxygens (including phenoxy) is 1. The molecule has 1 aliphatic heterocycles. The van der Waals surface area contributed by atoms with Crippen LogP contribution in [-0.4, -0.2) is 54.2 Å². The molecule has 3 rings (SSSR count). The third-order valence-corrected chi connectivity index (χ3v) is 4.92. The van der Waals surface area contributed by atoms with Crippen molar-refractivity contribution in [2.24, 2.45) is 11.1 Å². The van der Waals surface area contributed by atoms with E-state index in [9.17, 15) is 13.9 Å². The Balaban J connectivity index is 1.59. The smallest absolute Gasteiger partial charge is 0.145 e. The molecule has 0 aliphatic carbocycles. The number of rotatable bonds is 11. The largest absolute Gasteiger partial charge is 0.390 e. The highest BCUT2D eigenvalue weighted by molar-refractivity contribution is 6.01. The predicted octanol–water partition coefficient (Wildman–Crippen LogP) is 3.99. The first-order valence-electron chi connectivity index (χ1n) is 10.6. The Bertz CT molecular complexity index is 841. The molecular formula is C24H30F2N2O3. The minimum absolute atomic E-state index is 0.190. The van der Waals surface area contributed by atoms with Crippen LogP contribution in [0, 0.1) is 17.6 Å². The van der Waals surface area contributed by atoms with E-state index in [1.54, 1.807) is 24.3 Å². The monoisotopic (exact) mass is 432 g/mol. The zero-order valence-corrected chi connectivity index (χ0v) is 18.0. The molecule has 168 valence electrons. The molecule has 1 aliphatic rings. The quantitative estimate of drug-likeness (QED) is 0.583. The summed E-state index contributed by atoms with van der Waals surface area (Å²) in [4.78, 5) is 7.67. The second-order valence-corrected chi connectivity index (χ2v) is 8.38. The summed E-state index contributed by atoms with van der Waals surface area (Å²) in [5, 5.41) is 14.6. The van der Waals surface area contributed by atoms with E-state index in [1.807, 2.05) is 0 Å². The van der Waals surface area contributed by atoms with Gasteiger partial charge in [-0.2, -0.15) is 0 Å². The maximum atomic E-state index is 13.3. The van der Waals surface area contributed by atoms with Crippen LogP contribution >= 0.6 is 0 Å². The number of nitrogens with zero attached hydrogens (tertiary/aromatic N) is 2. The number of aliphatic hydroxyl groups is 1. The van der Waals surface area contributed by atoms with Gasteiger partial charge in [0.15, 0.2) is 0 Å². The van der Waals surface area contributed by atoms with E-state index in [0.717, 1.165) is 16.8 Å². The van der Waals surface area contributed by atoms with Gasteiger partial charge in [0.2, 0.25) is 0 Å². The Morgan fingerprint density at radius 1 is 1.06 bits per heavy atom. The first kappa shape index (κ1) is 23.3. The third-order valence-electron chi connectivity index (χ3n) is 4.92. The molecule has 0 spiro atoms. The lowest BCUT2D eigenvalue weighted by Gasteiger charge is -2.27. The van der Waals surface area contributed by atoms with Gasteiger partial charge in [-0.25, -0.2) is 8.78 Å². The van der Waals surface area contributed by atoms with E-state index in [4.69, 9.17) is 9.57 Å². The van der Waals surface area contributed by atoms with E-state index in [2.05, 4.69) is 23.9 Å². The second kappa shape index (κ2) is 11.3. The number of benzene rings is 2. The van der Waals surface area contributed by atoms with Crippen molar-refractivity contribution in [3.05, 3.63) is 71.3 Å². The van der Waals surface area contributed by atoms with Gasteiger partial charge >= 0.3 is 0 Å². The molecule has 2 atom stereocenters. The van der Waals surface area contributed by atoms with Gasteiger partial charge in [0, 0.05) is 32.7 Å². The molecule has 0 bridgehead atoms. The van der Waals surface area contributed by atoms with Gasteiger partial charge < -0.3 is 14.7 Å². The fourth-order valence-corrected chi connectivity index (χ4v) is 3.47. The van der Waals surface area contributed by atoms with Gasteiger partial charge in [-0.15, -0.1) is 0 Å². The van der Waals surface area contributed by atoms with Crippen molar-refractivity contribution in [2.75, 3.05) is 26.3 Å². The molecule has 1 N–H and O–H groups in total. The standard InChI is InChI=1S/C24H30F2N2O3/c1-17(2)15-30-16-22(29)13-28(12-18-3-7-20(25)8-4-18)14-23-11-24(27-31-23)19-5-9-21(26)10-6-19/h3-10,17,22-23,29H,11-16H2,1-2H3/t22-,23-/m1/s1. The van der Waals surface area contributed by atoms with Gasteiger partial charge in [-0.1, -0.05) is 43.3 Å². The Kier molecular flexibility index (Phi) is 8.51. The van der Waals surface area contributed by atoms with Crippen LogP contribution in [0.2, 0.25) is 0 Å². The summed E-state index contributed by atoms with van der Waals surface area (Å²) in [7, 11) is 0. The highest BCUT2D eigenvalue weighted by Crippen LogP contribution is 2.19. The van der Waals surface area contributed by atoms with Crippen LogP contribution < -0.4 is 0 Å². The Labute approximate surface area is 182 Å². The molecule has 0 saturated carbocycles. The summed E-state index contributed by atoms with van der Waals surface area (Å²) in [6, 6.07) is 12.5. The molecule has 0 unspecified atom stereocenters. The number of halogens is 2. The zero-order valence-electron chi connectivity index (χ0n) is 18.0. The molecule has 31 heavy (non-hydrogen) atoms. The van der Waals surface area contributed by atoms with Crippen LogP contribution in [0.3, 0.4) is 0 Å². The summed E-state index contributed by atoms with van der Waals surface area (Å²) in [5.74, 6) is -0.177. The molecule has 1 heterocycles. The van der Waals surface area contributed by atoms with Gasteiger partial charge in [-0.3, -0.25) is 4.90 Å². The van der Waals surface area contributed by atoms with E-state index < -0.39 is 6.10 Å². The van der Waals surface area contributed by atoms with Crippen LogP contribution in [0.25, 0.3) is 0 Å². The third kappa shape index (κ3) is 7.69. The van der Waals surface area contributed by atoms with Crippen LogP contribution in [-0.2, 0) is 16.1 Å². The minimum Gasteiger partial charge on any atom is -0.390 e. The summed E-state index contributed by atoms with van der Waals surface area (Å²) < 4.78 is 32.0. The summed E-state index contributed by atoms with van der Waals surface area (Å²) >= 11 is 0. The Hall–Kier alpha value is -2.35. The van der Waals surface area contributed by atoms with Gasteiger partial charge in [-0.05, 0) is 41.3 Å². The predicted molar refractivity (Wildman–Crippen MR) is 116 cm³/mol. The van der Waals surface area contributed by atoms with Crippen LogP contribution in [0.5, 0.6) is 0 Å². The van der Waals surface area contributed by atoms with E-state index in [0.29, 0.717) is 38.6 Å². The van der Waals surface area contributed by atoms with E-state index >= 15 is 0 Å². The molecule has 0 saturated heterocycles. The highest BCUT2D eigenvalue weighted by Gasteiger charge is 2.26. The van der Waals surface area contributed by atoms with Crippen LogP contribution in [0.1, 0.15) is 31.4 Å². The van der Waals surface area contributed by atoms with Crippen molar-refractivity contribution in [1.29, 1.82) is 0 Å². The number of hydrogen-bond acceptors (Lipinski definition) is 5. The average molecular weight is 433 g/mol.